The smallest absolute Gasteiger partial charge is 0.129 e. The molecule has 2 heterocycles. The Labute approximate surface area is 101 Å². The van der Waals surface area contributed by atoms with Crippen LogP contribution in [-0.4, -0.2) is 47.6 Å². The van der Waals surface area contributed by atoms with Crippen LogP contribution in [0.3, 0.4) is 0 Å². The predicted molar refractivity (Wildman–Crippen MR) is 63.9 cm³/mol. The van der Waals surface area contributed by atoms with E-state index in [2.05, 4.69) is 9.88 Å². The SMILES string of the molecule is CC(O)c1ccnc(N2CCOC(CO)C2)c1. The standard InChI is InChI=1S/C12H18N2O3/c1-9(16)10-2-3-13-12(6-10)14-4-5-17-11(7-14)8-15/h2-3,6,9,11,15-16H,4-5,7-8H2,1H3. The Morgan fingerprint density at radius 2 is 2.47 bits per heavy atom. The van der Waals surface area contributed by atoms with Crippen LogP contribution in [0.5, 0.6) is 0 Å². The second-order valence-corrected chi connectivity index (χ2v) is 4.24. The van der Waals surface area contributed by atoms with Crippen molar-refractivity contribution >= 4 is 5.82 Å². The predicted octanol–water partition coefficient (Wildman–Crippen LogP) is 0.332. The summed E-state index contributed by atoms with van der Waals surface area (Å²) < 4.78 is 5.39. The first-order chi connectivity index (χ1) is 8.20. The number of nitrogens with zero attached hydrogens (tertiary/aromatic N) is 2. The Bertz CT molecular complexity index is 371. The fourth-order valence-corrected chi connectivity index (χ4v) is 1.90. The van der Waals surface area contributed by atoms with Gasteiger partial charge in [-0.2, -0.15) is 0 Å². The molecule has 1 aliphatic rings. The van der Waals surface area contributed by atoms with Gasteiger partial charge in [-0.15, -0.1) is 0 Å². The van der Waals surface area contributed by atoms with Crippen molar-refractivity contribution in [3.05, 3.63) is 23.9 Å². The van der Waals surface area contributed by atoms with Gasteiger partial charge in [0.1, 0.15) is 5.82 Å². The summed E-state index contributed by atoms with van der Waals surface area (Å²) in [5.41, 5.74) is 0.849. The Balaban J connectivity index is 2.13. The zero-order valence-corrected chi connectivity index (χ0v) is 9.91. The van der Waals surface area contributed by atoms with Gasteiger partial charge in [-0.05, 0) is 24.6 Å². The van der Waals surface area contributed by atoms with Gasteiger partial charge in [0.15, 0.2) is 0 Å². The topological polar surface area (TPSA) is 65.8 Å². The fourth-order valence-electron chi connectivity index (χ4n) is 1.90. The Kier molecular flexibility index (Phi) is 3.93. The van der Waals surface area contributed by atoms with E-state index in [9.17, 15) is 5.11 Å². The molecule has 0 spiro atoms. The molecule has 0 amide bonds. The molecule has 0 radical (unpaired) electrons. The summed E-state index contributed by atoms with van der Waals surface area (Å²) in [5, 5.41) is 18.6. The Morgan fingerprint density at radius 1 is 1.65 bits per heavy atom. The summed E-state index contributed by atoms with van der Waals surface area (Å²) in [7, 11) is 0. The summed E-state index contributed by atoms with van der Waals surface area (Å²) >= 11 is 0. The van der Waals surface area contributed by atoms with Gasteiger partial charge in [0.2, 0.25) is 0 Å². The molecule has 5 heteroatoms. The van der Waals surface area contributed by atoms with E-state index in [-0.39, 0.29) is 12.7 Å². The lowest BCUT2D eigenvalue weighted by Crippen LogP contribution is -2.44. The summed E-state index contributed by atoms with van der Waals surface area (Å²) in [6, 6.07) is 3.68. The van der Waals surface area contributed by atoms with Crippen LogP contribution in [0, 0.1) is 0 Å². The van der Waals surface area contributed by atoms with Gasteiger partial charge in [0, 0.05) is 19.3 Å². The van der Waals surface area contributed by atoms with E-state index in [4.69, 9.17) is 9.84 Å². The van der Waals surface area contributed by atoms with Gasteiger partial charge in [-0.25, -0.2) is 4.98 Å². The Hall–Kier alpha value is -1.17. The molecule has 2 atom stereocenters. The van der Waals surface area contributed by atoms with Crippen LogP contribution in [0.4, 0.5) is 5.82 Å². The first-order valence-corrected chi connectivity index (χ1v) is 5.82. The van der Waals surface area contributed by atoms with Crippen molar-refractivity contribution in [1.82, 2.24) is 4.98 Å². The van der Waals surface area contributed by atoms with Crippen molar-refractivity contribution in [2.24, 2.45) is 0 Å². The van der Waals surface area contributed by atoms with Gasteiger partial charge in [-0.3, -0.25) is 0 Å². The minimum atomic E-state index is -0.494. The molecule has 1 aliphatic heterocycles. The maximum absolute atomic E-state index is 9.53. The maximum Gasteiger partial charge on any atom is 0.129 e. The van der Waals surface area contributed by atoms with Crippen molar-refractivity contribution in [3.63, 3.8) is 0 Å². The molecular weight excluding hydrogens is 220 g/mol. The van der Waals surface area contributed by atoms with Crippen LogP contribution in [0.15, 0.2) is 18.3 Å². The van der Waals surface area contributed by atoms with Gasteiger partial charge in [0.25, 0.3) is 0 Å². The normalized spacial score (nSPS) is 22.5. The number of aliphatic hydroxyl groups is 2. The number of rotatable bonds is 3. The summed E-state index contributed by atoms with van der Waals surface area (Å²) in [5.74, 6) is 0.824. The van der Waals surface area contributed by atoms with E-state index < -0.39 is 6.10 Å². The molecule has 2 N–H and O–H groups in total. The highest BCUT2D eigenvalue weighted by molar-refractivity contribution is 5.42. The maximum atomic E-state index is 9.53. The van der Waals surface area contributed by atoms with Gasteiger partial charge < -0.3 is 19.8 Å². The molecule has 1 saturated heterocycles. The first-order valence-electron chi connectivity index (χ1n) is 5.82. The Morgan fingerprint density at radius 3 is 3.18 bits per heavy atom. The number of aliphatic hydroxyl groups excluding tert-OH is 2. The number of hydrogen-bond donors (Lipinski definition) is 2. The third-order valence-electron chi connectivity index (χ3n) is 2.92. The number of morpholine rings is 1. The van der Waals surface area contributed by atoms with E-state index >= 15 is 0 Å². The third-order valence-corrected chi connectivity index (χ3v) is 2.92. The molecule has 5 nitrogen and oxygen atoms in total. The summed E-state index contributed by atoms with van der Waals surface area (Å²) in [6.07, 6.45) is 1.05. The van der Waals surface area contributed by atoms with Crippen molar-refractivity contribution in [2.45, 2.75) is 19.1 Å². The molecule has 1 aromatic rings. The monoisotopic (exact) mass is 238 g/mol. The second-order valence-electron chi connectivity index (χ2n) is 4.24. The van der Waals surface area contributed by atoms with E-state index in [1.54, 1.807) is 19.2 Å². The highest BCUT2D eigenvalue weighted by Crippen LogP contribution is 2.19. The lowest BCUT2D eigenvalue weighted by Gasteiger charge is -2.33. The average molecular weight is 238 g/mol. The number of anilines is 1. The first kappa shape index (κ1) is 12.3. The van der Waals surface area contributed by atoms with Crippen LogP contribution in [0.1, 0.15) is 18.6 Å². The highest BCUT2D eigenvalue weighted by Gasteiger charge is 2.21. The molecule has 2 rings (SSSR count). The number of ether oxygens (including phenoxy) is 1. The average Bonchev–Trinajstić information content (AvgIpc) is 2.39. The quantitative estimate of drug-likeness (QED) is 0.794. The van der Waals surface area contributed by atoms with E-state index in [0.29, 0.717) is 13.2 Å². The number of hydrogen-bond acceptors (Lipinski definition) is 5. The molecule has 94 valence electrons. The van der Waals surface area contributed by atoms with Crippen molar-refractivity contribution in [2.75, 3.05) is 31.2 Å². The zero-order valence-electron chi connectivity index (χ0n) is 9.91. The minimum Gasteiger partial charge on any atom is -0.394 e. The minimum absolute atomic E-state index is 0.0204. The van der Waals surface area contributed by atoms with Crippen LogP contribution in [0.2, 0.25) is 0 Å². The van der Waals surface area contributed by atoms with E-state index in [1.807, 2.05) is 6.07 Å². The number of aromatic nitrogens is 1. The molecule has 0 saturated carbocycles. The van der Waals surface area contributed by atoms with E-state index in [0.717, 1.165) is 17.9 Å². The van der Waals surface area contributed by atoms with Gasteiger partial charge in [-0.1, -0.05) is 0 Å². The largest absolute Gasteiger partial charge is 0.394 e. The summed E-state index contributed by atoms with van der Waals surface area (Å²) in [6.45, 7) is 3.73. The van der Waals surface area contributed by atoms with Crippen LogP contribution in [0.25, 0.3) is 0 Å². The van der Waals surface area contributed by atoms with Crippen molar-refractivity contribution in [3.8, 4) is 0 Å². The molecular formula is C12H18N2O3. The fraction of sp³-hybridized carbons (Fsp3) is 0.583. The molecule has 0 bridgehead atoms. The van der Waals surface area contributed by atoms with Crippen LogP contribution < -0.4 is 4.90 Å². The highest BCUT2D eigenvalue weighted by atomic mass is 16.5. The third kappa shape index (κ3) is 2.94. The molecule has 1 aromatic heterocycles. The number of pyridine rings is 1. The zero-order chi connectivity index (χ0) is 12.3. The lowest BCUT2D eigenvalue weighted by atomic mass is 10.1. The lowest BCUT2D eigenvalue weighted by molar-refractivity contribution is 0.00335. The molecule has 2 unspecified atom stereocenters. The van der Waals surface area contributed by atoms with E-state index in [1.165, 1.54) is 0 Å². The molecule has 1 fully saturated rings. The second kappa shape index (κ2) is 5.44. The van der Waals surface area contributed by atoms with Crippen LogP contribution >= 0.6 is 0 Å². The molecule has 0 aromatic carbocycles. The van der Waals surface area contributed by atoms with Crippen molar-refractivity contribution < 1.29 is 14.9 Å². The van der Waals surface area contributed by atoms with Gasteiger partial charge in [0.05, 0.1) is 25.4 Å². The molecule has 17 heavy (non-hydrogen) atoms. The summed E-state index contributed by atoms with van der Waals surface area (Å²) in [4.78, 5) is 6.36. The molecule has 0 aliphatic carbocycles. The van der Waals surface area contributed by atoms with Gasteiger partial charge >= 0.3 is 0 Å². The van der Waals surface area contributed by atoms with Crippen LogP contribution in [-0.2, 0) is 4.74 Å². The van der Waals surface area contributed by atoms with Crippen molar-refractivity contribution in [1.29, 1.82) is 0 Å².